The summed E-state index contributed by atoms with van der Waals surface area (Å²) in [5, 5.41) is 0. The van der Waals surface area contributed by atoms with E-state index in [1.54, 1.807) is 13.0 Å². The summed E-state index contributed by atoms with van der Waals surface area (Å²) in [5.41, 5.74) is 6.11. The lowest BCUT2D eigenvalue weighted by Crippen LogP contribution is -2.08. The van der Waals surface area contributed by atoms with Crippen LogP contribution in [-0.4, -0.2) is 0 Å². The van der Waals surface area contributed by atoms with Crippen molar-refractivity contribution in [3.63, 3.8) is 0 Å². The third kappa shape index (κ3) is 2.88. The highest BCUT2D eigenvalue weighted by atomic mass is 19.1. The van der Waals surface area contributed by atoms with Gasteiger partial charge in [-0.1, -0.05) is 12.1 Å². The maximum absolute atomic E-state index is 13.7. The van der Waals surface area contributed by atoms with Crippen molar-refractivity contribution < 1.29 is 17.9 Å². The molecule has 19 heavy (non-hydrogen) atoms. The van der Waals surface area contributed by atoms with E-state index < -0.39 is 23.5 Å². The summed E-state index contributed by atoms with van der Waals surface area (Å²) < 4.78 is 45.2. The van der Waals surface area contributed by atoms with Gasteiger partial charge in [-0.25, -0.2) is 13.2 Å². The Hall–Kier alpha value is -2.01. The third-order valence-corrected chi connectivity index (χ3v) is 2.59. The van der Waals surface area contributed by atoms with Gasteiger partial charge in [-0.2, -0.15) is 0 Å². The lowest BCUT2D eigenvalue weighted by molar-refractivity contribution is 0.404. The van der Waals surface area contributed by atoms with E-state index in [9.17, 15) is 13.2 Å². The zero-order valence-electron chi connectivity index (χ0n) is 10.2. The molecule has 2 rings (SSSR count). The first-order valence-electron chi connectivity index (χ1n) is 5.66. The number of ether oxygens (including phenoxy) is 1. The van der Waals surface area contributed by atoms with Crippen LogP contribution in [0.25, 0.3) is 0 Å². The second-order valence-corrected chi connectivity index (χ2v) is 4.12. The number of para-hydroxylation sites is 1. The molecule has 2 aromatic carbocycles. The van der Waals surface area contributed by atoms with Gasteiger partial charge in [0.05, 0.1) is 0 Å². The van der Waals surface area contributed by atoms with E-state index in [1.807, 2.05) is 0 Å². The molecule has 0 unspecified atom stereocenters. The van der Waals surface area contributed by atoms with Gasteiger partial charge in [0.1, 0.15) is 5.82 Å². The molecule has 0 spiro atoms. The first kappa shape index (κ1) is 13.4. The zero-order chi connectivity index (χ0) is 14.0. The van der Waals surface area contributed by atoms with Crippen molar-refractivity contribution in [2.45, 2.75) is 13.0 Å². The zero-order valence-corrected chi connectivity index (χ0v) is 10.2. The molecule has 0 bridgehead atoms. The first-order chi connectivity index (χ1) is 8.99. The number of nitrogens with two attached hydrogens (primary N) is 1. The second-order valence-electron chi connectivity index (χ2n) is 4.12. The molecular weight excluding hydrogens is 255 g/mol. The van der Waals surface area contributed by atoms with E-state index in [0.29, 0.717) is 11.6 Å². The molecule has 0 aliphatic rings. The minimum absolute atomic E-state index is 0.150. The molecule has 100 valence electrons. The summed E-state index contributed by atoms with van der Waals surface area (Å²) in [5.74, 6) is -2.69. The standard InChI is InChI=1S/C14H12F3NO/c1-8(18)10-3-2-4-11(16)14(10)19-13-6-5-9(15)7-12(13)17/h2-8H,18H2,1H3/t8-/m0/s1. The summed E-state index contributed by atoms with van der Waals surface area (Å²) in [6, 6.07) is 6.58. The number of rotatable bonds is 3. The van der Waals surface area contributed by atoms with E-state index in [2.05, 4.69) is 0 Å². The highest BCUT2D eigenvalue weighted by Gasteiger charge is 2.16. The molecular formula is C14H12F3NO. The van der Waals surface area contributed by atoms with Crippen molar-refractivity contribution in [1.29, 1.82) is 0 Å². The molecule has 1 atom stereocenters. The lowest BCUT2D eigenvalue weighted by Gasteiger charge is -2.14. The van der Waals surface area contributed by atoms with Crippen molar-refractivity contribution in [3.8, 4) is 11.5 Å². The largest absolute Gasteiger partial charge is 0.451 e. The fourth-order valence-electron chi connectivity index (χ4n) is 1.66. The van der Waals surface area contributed by atoms with Gasteiger partial charge in [-0.05, 0) is 25.1 Å². The number of benzene rings is 2. The Morgan fingerprint density at radius 1 is 1.05 bits per heavy atom. The van der Waals surface area contributed by atoms with E-state index in [0.717, 1.165) is 12.1 Å². The molecule has 0 fully saturated rings. The second kappa shape index (κ2) is 5.32. The van der Waals surface area contributed by atoms with Gasteiger partial charge in [-0.15, -0.1) is 0 Å². The summed E-state index contributed by atoms with van der Waals surface area (Å²) in [6.45, 7) is 1.66. The van der Waals surface area contributed by atoms with Crippen LogP contribution < -0.4 is 10.5 Å². The molecule has 2 nitrogen and oxygen atoms in total. The van der Waals surface area contributed by atoms with Crippen molar-refractivity contribution in [1.82, 2.24) is 0 Å². The Kier molecular flexibility index (Phi) is 3.76. The maximum Gasteiger partial charge on any atom is 0.168 e. The number of hydrogen-bond donors (Lipinski definition) is 1. The molecule has 0 saturated carbocycles. The molecule has 0 saturated heterocycles. The molecule has 0 amide bonds. The molecule has 0 radical (unpaired) electrons. The van der Waals surface area contributed by atoms with Crippen LogP contribution in [0.5, 0.6) is 11.5 Å². The molecule has 0 heterocycles. The SMILES string of the molecule is C[C@H](N)c1cccc(F)c1Oc1ccc(F)cc1F. The minimum atomic E-state index is -0.904. The highest BCUT2D eigenvalue weighted by Crippen LogP contribution is 2.32. The van der Waals surface area contributed by atoms with Crippen LogP contribution in [0, 0.1) is 17.5 Å². The van der Waals surface area contributed by atoms with Crippen LogP contribution in [0.3, 0.4) is 0 Å². The molecule has 2 N–H and O–H groups in total. The molecule has 0 aliphatic heterocycles. The predicted octanol–water partition coefficient (Wildman–Crippen LogP) is 3.92. The molecule has 2 aromatic rings. The van der Waals surface area contributed by atoms with Crippen LogP contribution >= 0.6 is 0 Å². The van der Waals surface area contributed by atoms with Crippen molar-refractivity contribution in [2.24, 2.45) is 5.73 Å². The van der Waals surface area contributed by atoms with Gasteiger partial charge in [0, 0.05) is 17.7 Å². The molecule has 0 aromatic heterocycles. The third-order valence-electron chi connectivity index (χ3n) is 2.59. The van der Waals surface area contributed by atoms with Crippen molar-refractivity contribution in [2.75, 3.05) is 0 Å². The summed E-state index contributed by atoms with van der Waals surface area (Å²) >= 11 is 0. The van der Waals surface area contributed by atoms with Gasteiger partial charge in [0.2, 0.25) is 0 Å². The Balaban J connectivity index is 2.43. The quantitative estimate of drug-likeness (QED) is 0.914. The van der Waals surface area contributed by atoms with Gasteiger partial charge in [0.25, 0.3) is 0 Å². The van der Waals surface area contributed by atoms with Gasteiger partial charge < -0.3 is 10.5 Å². The fourth-order valence-corrected chi connectivity index (χ4v) is 1.66. The van der Waals surface area contributed by atoms with Crippen LogP contribution in [0.15, 0.2) is 36.4 Å². The average molecular weight is 267 g/mol. The summed E-state index contributed by atoms with van der Waals surface area (Å²) in [6.07, 6.45) is 0. The first-order valence-corrected chi connectivity index (χ1v) is 5.66. The Morgan fingerprint density at radius 2 is 1.79 bits per heavy atom. The van der Waals surface area contributed by atoms with Gasteiger partial charge >= 0.3 is 0 Å². The molecule has 5 heteroatoms. The summed E-state index contributed by atoms with van der Waals surface area (Å²) in [4.78, 5) is 0. The topological polar surface area (TPSA) is 35.2 Å². The van der Waals surface area contributed by atoms with E-state index in [-0.39, 0.29) is 11.5 Å². The van der Waals surface area contributed by atoms with Crippen LogP contribution in [0.4, 0.5) is 13.2 Å². The minimum Gasteiger partial charge on any atom is -0.451 e. The van der Waals surface area contributed by atoms with Crippen molar-refractivity contribution >= 4 is 0 Å². The number of halogens is 3. The monoisotopic (exact) mass is 267 g/mol. The average Bonchev–Trinajstić information content (AvgIpc) is 2.34. The van der Waals surface area contributed by atoms with Crippen LogP contribution in [0.2, 0.25) is 0 Å². The molecule has 0 aliphatic carbocycles. The lowest BCUT2D eigenvalue weighted by atomic mass is 10.1. The van der Waals surface area contributed by atoms with Crippen molar-refractivity contribution in [3.05, 3.63) is 59.4 Å². The van der Waals surface area contributed by atoms with Gasteiger partial charge in [0.15, 0.2) is 23.1 Å². The maximum atomic E-state index is 13.7. The Labute approximate surface area is 108 Å². The van der Waals surface area contributed by atoms with Crippen LogP contribution in [-0.2, 0) is 0 Å². The Morgan fingerprint density at radius 3 is 2.42 bits per heavy atom. The van der Waals surface area contributed by atoms with E-state index in [4.69, 9.17) is 10.5 Å². The predicted molar refractivity (Wildman–Crippen MR) is 65.4 cm³/mol. The number of hydrogen-bond acceptors (Lipinski definition) is 2. The summed E-state index contributed by atoms with van der Waals surface area (Å²) in [7, 11) is 0. The van der Waals surface area contributed by atoms with E-state index in [1.165, 1.54) is 12.1 Å². The highest BCUT2D eigenvalue weighted by molar-refractivity contribution is 5.41. The normalized spacial score (nSPS) is 12.3. The Bertz CT molecular complexity index is 599. The van der Waals surface area contributed by atoms with Gasteiger partial charge in [-0.3, -0.25) is 0 Å². The van der Waals surface area contributed by atoms with E-state index >= 15 is 0 Å². The van der Waals surface area contributed by atoms with Crippen LogP contribution in [0.1, 0.15) is 18.5 Å². The smallest absolute Gasteiger partial charge is 0.168 e. The fraction of sp³-hybridized carbons (Fsp3) is 0.143.